The van der Waals surface area contributed by atoms with Crippen molar-refractivity contribution in [3.63, 3.8) is 0 Å². The van der Waals surface area contributed by atoms with Gasteiger partial charge < -0.3 is 5.32 Å². The fourth-order valence-corrected chi connectivity index (χ4v) is 8.31. The third-order valence-electron chi connectivity index (χ3n) is 9.86. The van der Waals surface area contributed by atoms with Crippen molar-refractivity contribution in [1.82, 2.24) is 5.32 Å². The largest absolute Gasteiger partial charge is 0.349 e. The summed E-state index contributed by atoms with van der Waals surface area (Å²) in [6.45, 7) is 5.02. The van der Waals surface area contributed by atoms with E-state index in [0.29, 0.717) is 23.3 Å². The SMILES string of the molecule is C[C@]12C=CC(=O)N[C@@H]1CC[C@@H]1[C@@H]2CC[C@]2(C)[C@@H](c3ccc4ccccc4c3)CC[C@@H]12. The van der Waals surface area contributed by atoms with E-state index in [1.54, 1.807) is 11.6 Å². The van der Waals surface area contributed by atoms with Gasteiger partial charge in [-0.1, -0.05) is 62.4 Å². The number of hydrogen-bond acceptors (Lipinski definition) is 1. The molecule has 3 aliphatic carbocycles. The number of benzene rings is 2. The van der Waals surface area contributed by atoms with Crippen LogP contribution in [0.25, 0.3) is 10.8 Å². The van der Waals surface area contributed by atoms with Crippen molar-refractivity contribution in [1.29, 1.82) is 0 Å². The summed E-state index contributed by atoms with van der Waals surface area (Å²) in [6, 6.07) is 16.3. The maximum Gasteiger partial charge on any atom is 0.243 e. The van der Waals surface area contributed by atoms with Crippen molar-refractivity contribution in [2.24, 2.45) is 28.6 Å². The Morgan fingerprint density at radius 3 is 2.60 bits per heavy atom. The van der Waals surface area contributed by atoms with Gasteiger partial charge in [0.2, 0.25) is 5.91 Å². The fourth-order valence-electron chi connectivity index (χ4n) is 8.31. The number of fused-ring (bicyclic) bond motifs is 6. The molecule has 2 aromatic carbocycles. The Morgan fingerprint density at radius 1 is 0.900 bits per heavy atom. The van der Waals surface area contributed by atoms with Gasteiger partial charge in [0.25, 0.3) is 0 Å². The van der Waals surface area contributed by atoms with Gasteiger partial charge in [-0.3, -0.25) is 4.79 Å². The average molecular weight is 400 g/mol. The Kier molecular flexibility index (Phi) is 4.01. The molecule has 4 aliphatic rings. The van der Waals surface area contributed by atoms with E-state index in [9.17, 15) is 4.79 Å². The van der Waals surface area contributed by atoms with Crippen LogP contribution in [0.1, 0.15) is 63.9 Å². The molecule has 6 rings (SSSR count). The molecule has 2 nitrogen and oxygen atoms in total. The van der Waals surface area contributed by atoms with Gasteiger partial charge in [-0.2, -0.15) is 0 Å². The zero-order chi connectivity index (χ0) is 20.5. The highest BCUT2D eigenvalue weighted by Crippen LogP contribution is 2.67. The second-order valence-electron chi connectivity index (χ2n) is 11.0. The molecular formula is C28H33NO. The first-order valence-electron chi connectivity index (χ1n) is 12.0. The lowest BCUT2D eigenvalue weighted by molar-refractivity contribution is -0.122. The molecule has 1 heterocycles. The van der Waals surface area contributed by atoms with Crippen LogP contribution in [0.2, 0.25) is 0 Å². The van der Waals surface area contributed by atoms with E-state index in [4.69, 9.17) is 0 Å². The highest BCUT2D eigenvalue weighted by atomic mass is 16.1. The van der Waals surface area contributed by atoms with Gasteiger partial charge in [-0.05, 0) is 90.0 Å². The first kappa shape index (κ1) is 18.7. The first-order chi connectivity index (χ1) is 14.5. The Hall–Kier alpha value is -2.09. The number of carbonyl (C=O) groups is 1. The number of amides is 1. The number of rotatable bonds is 1. The molecular weight excluding hydrogens is 366 g/mol. The molecule has 0 bridgehead atoms. The normalized spacial score (nSPS) is 42.3. The van der Waals surface area contributed by atoms with Crippen molar-refractivity contribution in [3.05, 3.63) is 60.2 Å². The van der Waals surface area contributed by atoms with Crippen LogP contribution in [-0.2, 0) is 4.79 Å². The molecule has 156 valence electrons. The molecule has 2 heteroatoms. The Balaban J connectivity index is 1.33. The summed E-state index contributed by atoms with van der Waals surface area (Å²) in [4.78, 5) is 11.9. The lowest BCUT2D eigenvalue weighted by atomic mass is 9.47. The number of carbonyl (C=O) groups excluding carboxylic acids is 1. The van der Waals surface area contributed by atoms with Crippen molar-refractivity contribution in [2.75, 3.05) is 0 Å². The van der Waals surface area contributed by atoms with Crippen LogP contribution in [0, 0.1) is 28.6 Å². The number of nitrogens with one attached hydrogen (secondary N) is 1. The van der Waals surface area contributed by atoms with Gasteiger partial charge in [0, 0.05) is 11.5 Å². The highest BCUT2D eigenvalue weighted by molar-refractivity contribution is 5.89. The van der Waals surface area contributed by atoms with Crippen LogP contribution in [0.5, 0.6) is 0 Å². The zero-order valence-corrected chi connectivity index (χ0v) is 18.2. The van der Waals surface area contributed by atoms with E-state index in [0.717, 1.165) is 18.3 Å². The molecule has 0 saturated heterocycles. The van der Waals surface area contributed by atoms with Gasteiger partial charge in [-0.15, -0.1) is 0 Å². The fraction of sp³-hybridized carbons (Fsp3) is 0.536. The van der Waals surface area contributed by atoms with E-state index >= 15 is 0 Å². The van der Waals surface area contributed by atoms with Crippen molar-refractivity contribution in [2.45, 2.75) is 64.3 Å². The molecule has 3 fully saturated rings. The summed E-state index contributed by atoms with van der Waals surface area (Å²) in [6.07, 6.45) is 11.8. The maximum atomic E-state index is 11.9. The number of hydrogen-bond donors (Lipinski definition) is 1. The van der Waals surface area contributed by atoms with Gasteiger partial charge in [0.1, 0.15) is 0 Å². The average Bonchev–Trinajstić information content (AvgIpc) is 3.11. The standard InChI is InChI=1S/C28H33NO/c1-27-15-13-24-21(9-12-25-28(24,2)16-14-26(30)29-25)23(27)11-10-22(27)20-8-7-18-5-3-4-6-19(18)17-20/h3-8,14,16-17,21-25H,9-13,15H2,1-2H3,(H,29,30)/t21-,22+,23-,24-,25+,27+,28+/m0/s1. The van der Waals surface area contributed by atoms with Crippen LogP contribution >= 0.6 is 0 Å². The first-order valence-corrected chi connectivity index (χ1v) is 12.0. The molecule has 1 N–H and O–H groups in total. The monoisotopic (exact) mass is 399 g/mol. The molecule has 30 heavy (non-hydrogen) atoms. The Bertz CT molecular complexity index is 1040. The molecule has 3 saturated carbocycles. The highest BCUT2D eigenvalue weighted by Gasteiger charge is 2.59. The van der Waals surface area contributed by atoms with E-state index < -0.39 is 0 Å². The summed E-state index contributed by atoms with van der Waals surface area (Å²) < 4.78 is 0. The van der Waals surface area contributed by atoms with E-state index in [1.807, 2.05) is 0 Å². The van der Waals surface area contributed by atoms with Crippen molar-refractivity contribution < 1.29 is 4.79 Å². The predicted molar refractivity (Wildman–Crippen MR) is 122 cm³/mol. The van der Waals surface area contributed by atoms with E-state index in [2.05, 4.69) is 67.7 Å². The van der Waals surface area contributed by atoms with Gasteiger partial charge in [0.05, 0.1) is 0 Å². The van der Waals surface area contributed by atoms with E-state index in [-0.39, 0.29) is 11.3 Å². The van der Waals surface area contributed by atoms with Gasteiger partial charge in [0.15, 0.2) is 0 Å². The topological polar surface area (TPSA) is 29.1 Å². The second kappa shape index (κ2) is 6.45. The van der Waals surface area contributed by atoms with Gasteiger partial charge >= 0.3 is 0 Å². The van der Waals surface area contributed by atoms with Crippen LogP contribution in [0.15, 0.2) is 54.6 Å². The van der Waals surface area contributed by atoms with Crippen LogP contribution in [0.4, 0.5) is 0 Å². The minimum absolute atomic E-state index is 0.105. The lowest BCUT2D eigenvalue weighted by Gasteiger charge is -2.59. The Labute approximate surface area is 180 Å². The quantitative estimate of drug-likeness (QED) is 0.606. The summed E-state index contributed by atoms with van der Waals surface area (Å²) in [7, 11) is 0. The maximum absolute atomic E-state index is 11.9. The van der Waals surface area contributed by atoms with Crippen molar-refractivity contribution >= 4 is 16.7 Å². The Morgan fingerprint density at radius 2 is 1.73 bits per heavy atom. The van der Waals surface area contributed by atoms with Crippen LogP contribution < -0.4 is 5.32 Å². The summed E-state index contributed by atoms with van der Waals surface area (Å²) in [5.74, 6) is 3.11. The third-order valence-corrected chi connectivity index (χ3v) is 9.86. The molecule has 0 aromatic heterocycles. The predicted octanol–water partition coefficient (Wildman–Crippen LogP) is 6.22. The van der Waals surface area contributed by atoms with Crippen LogP contribution in [0.3, 0.4) is 0 Å². The molecule has 0 unspecified atom stereocenters. The molecule has 1 amide bonds. The molecule has 1 aliphatic heterocycles. The molecule has 0 radical (unpaired) electrons. The smallest absolute Gasteiger partial charge is 0.243 e. The molecule has 7 atom stereocenters. The minimum Gasteiger partial charge on any atom is -0.349 e. The second-order valence-corrected chi connectivity index (χ2v) is 11.0. The summed E-state index contributed by atoms with van der Waals surface area (Å²) >= 11 is 0. The van der Waals surface area contributed by atoms with Crippen molar-refractivity contribution in [3.8, 4) is 0 Å². The lowest BCUT2D eigenvalue weighted by Crippen LogP contribution is -2.59. The van der Waals surface area contributed by atoms with Gasteiger partial charge in [-0.25, -0.2) is 0 Å². The zero-order valence-electron chi connectivity index (χ0n) is 18.2. The summed E-state index contributed by atoms with van der Waals surface area (Å²) in [5, 5.41) is 6.02. The van der Waals surface area contributed by atoms with Crippen LogP contribution in [-0.4, -0.2) is 11.9 Å². The minimum atomic E-state index is 0.105. The third kappa shape index (κ3) is 2.52. The molecule has 0 spiro atoms. The molecule has 2 aromatic rings. The van der Waals surface area contributed by atoms with E-state index in [1.165, 1.54) is 42.9 Å². The summed E-state index contributed by atoms with van der Waals surface area (Å²) in [5.41, 5.74) is 2.11.